The molecule has 1 saturated heterocycles. The lowest BCUT2D eigenvalue weighted by atomic mass is 10.2. The summed E-state index contributed by atoms with van der Waals surface area (Å²) in [4.78, 5) is 6.86. The molecule has 9 nitrogen and oxygen atoms in total. The predicted octanol–water partition coefficient (Wildman–Crippen LogP) is 1.14. The molecule has 0 saturated carbocycles. The second-order valence-corrected chi connectivity index (χ2v) is 6.29. The number of pyridine rings is 1. The highest BCUT2D eigenvalue weighted by atomic mass is 16.5. The number of aromatic nitrogens is 6. The van der Waals surface area contributed by atoms with Crippen LogP contribution < -0.4 is 10.2 Å². The largest absolute Gasteiger partial charge is 0.372 e. The first-order chi connectivity index (χ1) is 12.2. The van der Waals surface area contributed by atoms with Crippen molar-refractivity contribution in [2.45, 2.75) is 32.6 Å². The van der Waals surface area contributed by atoms with Gasteiger partial charge in [-0.05, 0) is 48.0 Å². The molecule has 0 unspecified atom stereocenters. The van der Waals surface area contributed by atoms with Gasteiger partial charge in [0.05, 0.1) is 12.2 Å². The Morgan fingerprint density at radius 3 is 2.76 bits per heavy atom. The summed E-state index contributed by atoms with van der Waals surface area (Å²) in [5, 5.41) is 18.7. The van der Waals surface area contributed by atoms with Crippen LogP contribution in [0.3, 0.4) is 0 Å². The molecule has 1 N–H and O–H groups in total. The van der Waals surface area contributed by atoms with E-state index < -0.39 is 0 Å². The molecule has 2 atom stereocenters. The van der Waals surface area contributed by atoms with Crippen LogP contribution in [0.1, 0.15) is 19.4 Å². The van der Waals surface area contributed by atoms with Crippen LogP contribution in [0.15, 0.2) is 30.5 Å². The molecule has 3 aromatic rings. The Kier molecular flexibility index (Phi) is 4.14. The van der Waals surface area contributed by atoms with Gasteiger partial charge in [-0.15, -0.1) is 14.8 Å². The van der Waals surface area contributed by atoms with E-state index in [2.05, 4.69) is 61.8 Å². The van der Waals surface area contributed by atoms with E-state index in [-0.39, 0.29) is 12.2 Å². The van der Waals surface area contributed by atoms with Crippen molar-refractivity contribution in [1.29, 1.82) is 0 Å². The topological polar surface area (TPSA) is 93.4 Å². The van der Waals surface area contributed by atoms with Crippen LogP contribution in [0.4, 0.5) is 11.6 Å². The summed E-state index contributed by atoms with van der Waals surface area (Å²) in [5.74, 6) is 1.69. The quantitative estimate of drug-likeness (QED) is 0.756. The van der Waals surface area contributed by atoms with Gasteiger partial charge in [0.2, 0.25) is 0 Å². The second-order valence-electron chi connectivity index (χ2n) is 6.29. The van der Waals surface area contributed by atoms with Crippen molar-refractivity contribution < 1.29 is 4.74 Å². The third kappa shape index (κ3) is 3.50. The highest BCUT2D eigenvalue weighted by Crippen LogP contribution is 2.18. The van der Waals surface area contributed by atoms with Crippen molar-refractivity contribution in [1.82, 2.24) is 30.2 Å². The molecule has 1 aliphatic heterocycles. The molecule has 130 valence electrons. The number of hydrogen-bond acceptors (Lipinski definition) is 8. The highest BCUT2D eigenvalue weighted by Gasteiger charge is 2.22. The minimum atomic E-state index is 0.221. The third-order valence-electron chi connectivity index (χ3n) is 4.10. The van der Waals surface area contributed by atoms with Gasteiger partial charge in [0, 0.05) is 25.8 Å². The molecule has 0 bridgehead atoms. The number of hydrogen-bond donors (Lipinski definition) is 1. The van der Waals surface area contributed by atoms with E-state index in [1.165, 1.54) is 4.63 Å². The first-order valence-electron chi connectivity index (χ1n) is 8.32. The van der Waals surface area contributed by atoms with Crippen LogP contribution in [-0.2, 0) is 11.3 Å². The standard InChI is InChI=1S/C16H20N8O/c1-11-9-23(10-12(2)25-11)15-5-3-13(8-18-15)7-17-14-4-6-16-19-21-22-24(16)20-14/h3-6,8,11-12H,7,9-10H2,1-2H3,(H,17,20)/t11-,12-/m0/s1. The zero-order valence-electron chi connectivity index (χ0n) is 14.2. The average molecular weight is 340 g/mol. The first-order valence-corrected chi connectivity index (χ1v) is 8.32. The number of fused-ring (bicyclic) bond motifs is 1. The molecular weight excluding hydrogens is 320 g/mol. The molecule has 3 aromatic heterocycles. The zero-order valence-corrected chi connectivity index (χ0v) is 14.2. The second kappa shape index (κ2) is 6.60. The molecule has 1 fully saturated rings. The van der Waals surface area contributed by atoms with Crippen LogP contribution >= 0.6 is 0 Å². The van der Waals surface area contributed by atoms with Gasteiger partial charge in [0.15, 0.2) is 5.65 Å². The van der Waals surface area contributed by atoms with Crippen molar-refractivity contribution in [3.05, 3.63) is 36.0 Å². The van der Waals surface area contributed by atoms with Crippen molar-refractivity contribution in [3.8, 4) is 0 Å². The minimum Gasteiger partial charge on any atom is -0.372 e. The maximum absolute atomic E-state index is 5.77. The summed E-state index contributed by atoms with van der Waals surface area (Å²) >= 11 is 0. The molecule has 0 aromatic carbocycles. The van der Waals surface area contributed by atoms with Crippen molar-refractivity contribution in [2.75, 3.05) is 23.3 Å². The van der Waals surface area contributed by atoms with Crippen LogP contribution in [-0.4, -0.2) is 55.5 Å². The fourth-order valence-corrected chi connectivity index (χ4v) is 3.01. The number of tetrazole rings is 1. The van der Waals surface area contributed by atoms with Gasteiger partial charge >= 0.3 is 0 Å². The van der Waals surface area contributed by atoms with Gasteiger partial charge in [0.25, 0.3) is 0 Å². The molecule has 25 heavy (non-hydrogen) atoms. The van der Waals surface area contributed by atoms with E-state index in [1.807, 2.05) is 18.3 Å². The lowest BCUT2D eigenvalue weighted by Gasteiger charge is -2.36. The Morgan fingerprint density at radius 1 is 1.16 bits per heavy atom. The Morgan fingerprint density at radius 2 is 2.00 bits per heavy atom. The van der Waals surface area contributed by atoms with Gasteiger partial charge in [0.1, 0.15) is 11.6 Å². The Hall–Kier alpha value is -2.81. The van der Waals surface area contributed by atoms with E-state index in [9.17, 15) is 0 Å². The summed E-state index contributed by atoms with van der Waals surface area (Å²) in [7, 11) is 0. The number of morpholine rings is 1. The number of rotatable bonds is 4. The molecular formula is C16H20N8O. The van der Waals surface area contributed by atoms with Crippen molar-refractivity contribution in [3.63, 3.8) is 0 Å². The lowest BCUT2D eigenvalue weighted by Crippen LogP contribution is -2.45. The van der Waals surface area contributed by atoms with Crippen LogP contribution in [0.5, 0.6) is 0 Å². The fraction of sp³-hybridized carbons (Fsp3) is 0.438. The summed E-state index contributed by atoms with van der Waals surface area (Å²) in [6.45, 7) is 6.55. The molecule has 4 rings (SSSR count). The maximum atomic E-state index is 5.77. The maximum Gasteiger partial charge on any atom is 0.200 e. The van der Waals surface area contributed by atoms with Crippen LogP contribution in [0.25, 0.3) is 5.65 Å². The molecule has 0 aliphatic carbocycles. The summed E-state index contributed by atoms with van der Waals surface area (Å²) in [6, 6.07) is 7.80. The average Bonchev–Trinajstić information content (AvgIpc) is 3.07. The molecule has 9 heteroatoms. The number of anilines is 2. The van der Waals surface area contributed by atoms with Gasteiger partial charge < -0.3 is 15.0 Å². The molecule has 1 aliphatic rings. The Labute approximate surface area is 145 Å². The first kappa shape index (κ1) is 15.7. The monoisotopic (exact) mass is 340 g/mol. The summed E-state index contributed by atoms with van der Waals surface area (Å²) in [5.41, 5.74) is 1.70. The van der Waals surface area contributed by atoms with E-state index in [0.29, 0.717) is 18.0 Å². The Bertz CT molecular complexity index is 839. The summed E-state index contributed by atoms with van der Waals surface area (Å²) < 4.78 is 7.16. The fourth-order valence-electron chi connectivity index (χ4n) is 3.01. The lowest BCUT2D eigenvalue weighted by molar-refractivity contribution is -0.00545. The Balaban J connectivity index is 1.40. The zero-order chi connectivity index (χ0) is 17.2. The number of nitrogens with one attached hydrogen (secondary N) is 1. The highest BCUT2D eigenvalue weighted by molar-refractivity contribution is 5.44. The van der Waals surface area contributed by atoms with Crippen molar-refractivity contribution in [2.24, 2.45) is 0 Å². The number of ether oxygens (including phenoxy) is 1. The number of nitrogens with zero attached hydrogens (tertiary/aromatic N) is 7. The molecule has 4 heterocycles. The van der Waals surface area contributed by atoms with Crippen molar-refractivity contribution >= 4 is 17.3 Å². The normalized spacial score (nSPS) is 20.8. The molecule has 0 amide bonds. The van der Waals surface area contributed by atoms with E-state index in [4.69, 9.17) is 4.74 Å². The van der Waals surface area contributed by atoms with E-state index in [0.717, 1.165) is 24.5 Å². The molecule has 0 spiro atoms. The molecule has 0 radical (unpaired) electrons. The predicted molar refractivity (Wildman–Crippen MR) is 92.4 cm³/mol. The van der Waals surface area contributed by atoms with E-state index in [1.54, 1.807) is 0 Å². The summed E-state index contributed by atoms with van der Waals surface area (Å²) in [6.07, 6.45) is 2.33. The SMILES string of the molecule is C[C@H]1CN(c2ccc(CNc3ccc4nnnn4n3)cn2)C[C@H](C)O1. The van der Waals surface area contributed by atoms with Crippen LogP contribution in [0, 0.1) is 0 Å². The minimum absolute atomic E-state index is 0.221. The van der Waals surface area contributed by atoms with Gasteiger partial charge in [-0.3, -0.25) is 0 Å². The van der Waals surface area contributed by atoms with E-state index >= 15 is 0 Å². The van der Waals surface area contributed by atoms with Gasteiger partial charge in [-0.1, -0.05) is 6.07 Å². The van der Waals surface area contributed by atoms with Crippen LogP contribution in [0.2, 0.25) is 0 Å². The smallest absolute Gasteiger partial charge is 0.200 e. The van der Waals surface area contributed by atoms with Gasteiger partial charge in [-0.25, -0.2) is 4.98 Å². The van der Waals surface area contributed by atoms with Gasteiger partial charge in [-0.2, -0.15) is 0 Å². The third-order valence-corrected chi connectivity index (χ3v) is 4.10.